The lowest BCUT2D eigenvalue weighted by atomic mass is 9.49. The van der Waals surface area contributed by atoms with E-state index in [-0.39, 0.29) is 5.91 Å². The van der Waals surface area contributed by atoms with Crippen molar-refractivity contribution in [3.63, 3.8) is 0 Å². The summed E-state index contributed by atoms with van der Waals surface area (Å²) in [7, 11) is 0. The Kier molecular flexibility index (Phi) is 2.17. The van der Waals surface area contributed by atoms with Crippen molar-refractivity contribution in [1.82, 2.24) is 0 Å². The molecule has 4 bridgehead atoms. The molecule has 2 N–H and O–H groups in total. The second-order valence-electron chi connectivity index (χ2n) is 6.47. The smallest absolute Gasteiger partial charge is 0.244 e. The van der Waals surface area contributed by atoms with Gasteiger partial charge in [0.15, 0.2) is 0 Å². The van der Waals surface area contributed by atoms with E-state index in [0.717, 1.165) is 23.3 Å². The highest BCUT2D eigenvalue weighted by atomic mass is 16.1. The van der Waals surface area contributed by atoms with Gasteiger partial charge in [-0.15, -0.1) is 0 Å². The van der Waals surface area contributed by atoms with Crippen molar-refractivity contribution in [1.29, 1.82) is 0 Å². The molecule has 4 aliphatic rings. The lowest BCUT2D eigenvalue weighted by Gasteiger charge is -2.56. The maximum absolute atomic E-state index is 11.2. The summed E-state index contributed by atoms with van der Waals surface area (Å²) in [5.74, 6) is 2.56. The van der Waals surface area contributed by atoms with Gasteiger partial charge in [0.1, 0.15) is 0 Å². The van der Waals surface area contributed by atoms with Gasteiger partial charge in [-0.05, 0) is 68.6 Å². The Hall–Kier alpha value is -0.790. The first kappa shape index (κ1) is 10.4. The molecule has 0 aromatic carbocycles. The van der Waals surface area contributed by atoms with E-state index in [2.05, 4.69) is 6.08 Å². The van der Waals surface area contributed by atoms with E-state index in [1.165, 1.54) is 38.5 Å². The number of allylic oxidation sites excluding steroid dienone is 1. The molecule has 2 nitrogen and oxygen atoms in total. The first-order valence-corrected chi connectivity index (χ1v) is 6.56. The van der Waals surface area contributed by atoms with Gasteiger partial charge >= 0.3 is 0 Å². The van der Waals surface area contributed by atoms with Crippen LogP contribution < -0.4 is 5.73 Å². The van der Waals surface area contributed by atoms with Crippen molar-refractivity contribution in [2.45, 2.75) is 45.4 Å². The van der Waals surface area contributed by atoms with Crippen molar-refractivity contribution in [3.05, 3.63) is 11.6 Å². The van der Waals surface area contributed by atoms with Gasteiger partial charge in [0.25, 0.3) is 0 Å². The Morgan fingerprint density at radius 1 is 1.12 bits per heavy atom. The topological polar surface area (TPSA) is 43.1 Å². The molecule has 0 unspecified atom stereocenters. The zero-order valence-electron chi connectivity index (χ0n) is 10.0. The summed E-state index contributed by atoms with van der Waals surface area (Å²) in [5, 5.41) is 0. The minimum absolute atomic E-state index is 0.240. The second kappa shape index (κ2) is 3.35. The highest BCUT2D eigenvalue weighted by Crippen LogP contribution is 2.60. The van der Waals surface area contributed by atoms with Crippen LogP contribution in [0.2, 0.25) is 0 Å². The average Bonchev–Trinajstić information content (AvgIpc) is 2.13. The van der Waals surface area contributed by atoms with Crippen molar-refractivity contribution < 1.29 is 4.79 Å². The van der Waals surface area contributed by atoms with Crippen LogP contribution in [-0.2, 0) is 4.79 Å². The summed E-state index contributed by atoms with van der Waals surface area (Å²) in [6.07, 6.45) is 10.5. The van der Waals surface area contributed by atoms with Crippen molar-refractivity contribution in [2.75, 3.05) is 0 Å². The van der Waals surface area contributed by atoms with E-state index in [1.807, 2.05) is 6.92 Å². The van der Waals surface area contributed by atoms with Gasteiger partial charge < -0.3 is 5.73 Å². The van der Waals surface area contributed by atoms with E-state index in [0.29, 0.717) is 5.41 Å². The van der Waals surface area contributed by atoms with Gasteiger partial charge in [0.05, 0.1) is 0 Å². The average molecular weight is 219 g/mol. The molecule has 0 aromatic rings. The quantitative estimate of drug-likeness (QED) is 0.713. The Morgan fingerprint density at radius 2 is 1.56 bits per heavy atom. The van der Waals surface area contributed by atoms with Crippen LogP contribution in [0.3, 0.4) is 0 Å². The highest BCUT2D eigenvalue weighted by Gasteiger charge is 2.49. The van der Waals surface area contributed by atoms with Crippen LogP contribution in [0.25, 0.3) is 0 Å². The molecule has 0 saturated heterocycles. The first-order valence-electron chi connectivity index (χ1n) is 6.56. The standard InChI is InChI=1S/C14H21NO/c1-9(13(15)16)5-14-6-10-2-11(7-14)4-12(3-10)8-14/h5,10-12H,2-4,6-8H2,1H3,(H2,15,16)/b9-5+. The Bertz CT molecular complexity index is 320. The zero-order chi connectivity index (χ0) is 11.3. The molecule has 0 aliphatic heterocycles. The van der Waals surface area contributed by atoms with Gasteiger partial charge in [0, 0.05) is 5.57 Å². The molecule has 4 fully saturated rings. The fourth-order valence-electron chi connectivity index (χ4n) is 4.88. The third kappa shape index (κ3) is 1.59. The number of amides is 1. The monoisotopic (exact) mass is 219 g/mol. The summed E-state index contributed by atoms with van der Waals surface area (Å²) >= 11 is 0. The number of primary amides is 1. The fourth-order valence-corrected chi connectivity index (χ4v) is 4.88. The molecule has 0 atom stereocenters. The van der Waals surface area contributed by atoms with Gasteiger partial charge in [-0.1, -0.05) is 6.08 Å². The molecule has 1 amide bonds. The Morgan fingerprint density at radius 3 is 1.94 bits per heavy atom. The summed E-state index contributed by atoms with van der Waals surface area (Å²) in [6.45, 7) is 1.88. The normalized spacial score (nSPS) is 46.1. The molecule has 2 heteroatoms. The predicted octanol–water partition coefficient (Wildman–Crippen LogP) is 2.63. The molecule has 4 saturated carbocycles. The fraction of sp³-hybridized carbons (Fsp3) is 0.786. The first-order chi connectivity index (χ1) is 7.56. The summed E-state index contributed by atoms with van der Waals surface area (Å²) in [5.41, 5.74) is 6.48. The minimum Gasteiger partial charge on any atom is -0.366 e. The summed E-state index contributed by atoms with van der Waals surface area (Å²) in [6, 6.07) is 0. The minimum atomic E-state index is -0.240. The zero-order valence-corrected chi connectivity index (χ0v) is 10.0. The maximum Gasteiger partial charge on any atom is 0.244 e. The van der Waals surface area contributed by atoms with Gasteiger partial charge in [0.2, 0.25) is 5.91 Å². The van der Waals surface area contributed by atoms with Crippen LogP contribution in [0, 0.1) is 23.2 Å². The molecule has 4 aliphatic carbocycles. The molecule has 4 rings (SSSR count). The number of carbonyl (C=O) groups excluding carboxylic acids is 1. The van der Waals surface area contributed by atoms with Crippen LogP contribution in [0.5, 0.6) is 0 Å². The number of hydrogen-bond donors (Lipinski definition) is 1. The van der Waals surface area contributed by atoms with Crippen molar-refractivity contribution >= 4 is 5.91 Å². The predicted molar refractivity (Wildman–Crippen MR) is 63.6 cm³/mol. The number of rotatable bonds is 2. The lowest BCUT2D eigenvalue weighted by Crippen LogP contribution is -2.45. The van der Waals surface area contributed by atoms with Crippen LogP contribution in [0.1, 0.15) is 45.4 Å². The molecule has 16 heavy (non-hydrogen) atoms. The molecule has 88 valence electrons. The van der Waals surface area contributed by atoms with E-state index >= 15 is 0 Å². The second-order valence-corrected chi connectivity index (χ2v) is 6.47. The largest absolute Gasteiger partial charge is 0.366 e. The number of nitrogens with two attached hydrogens (primary N) is 1. The maximum atomic E-state index is 11.2. The van der Waals surface area contributed by atoms with Crippen LogP contribution >= 0.6 is 0 Å². The number of carbonyl (C=O) groups is 1. The van der Waals surface area contributed by atoms with Gasteiger partial charge in [-0.3, -0.25) is 4.79 Å². The molecule has 0 heterocycles. The van der Waals surface area contributed by atoms with Crippen molar-refractivity contribution in [2.24, 2.45) is 28.9 Å². The SMILES string of the molecule is C/C(=C\C12CC3CC(CC(C3)C1)C2)C(N)=O. The van der Waals surface area contributed by atoms with Crippen LogP contribution in [-0.4, -0.2) is 5.91 Å². The Labute approximate surface area is 97.3 Å². The number of hydrogen-bond acceptors (Lipinski definition) is 1. The van der Waals surface area contributed by atoms with E-state index in [4.69, 9.17) is 5.73 Å². The highest BCUT2D eigenvalue weighted by molar-refractivity contribution is 5.91. The third-order valence-electron chi connectivity index (χ3n) is 5.00. The van der Waals surface area contributed by atoms with Crippen LogP contribution in [0.4, 0.5) is 0 Å². The Balaban J connectivity index is 1.89. The summed E-state index contributed by atoms with van der Waals surface area (Å²) in [4.78, 5) is 11.2. The van der Waals surface area contributed by atoms with E-state index in [9.17, 15) is 4.79 Å². The molecule has 0 aromatic heterocycles. The molecule has 0 spiro atoms. The molecular formula is C14H21NO. The van der Waals surface area contributed by atoms with Crippen molar-refractivity contribution in [3.8, 4) is 0 Å². The third-order valence-corrected chi connectivity index (χ3v) is 5.00. The van der Waals surface area contributed by atoms with Gasteiger partial charge in [-0.25, -0.2) is 0 Å². The van der Waals surface area contributed by atoms with E-state index in [1.54, 1.807) is 0 Å². The lowest BCUT2D eigenvalue weighted by molar-refractivity contribution is -0.114. The van der Waals surface area contributed by atoms with Crippen LogP contribution in [0.15, 0.2) is 11.6 Å². The summed E-state index contributed by atoms with van der Waals surface area (Å²) < 4.78 is 0. The van der Waals surface area contributed by atoms with E-state index < -0.39 is 0 Å². The van der Waals surface area contributed by atoms with Gasteiger partial charge in [-0.2, -0.15) is 0 Å². The molecule has 0 radical (unpaired) electrons. The molecular weight excluding hydrogens is 198 g/mol.